The summed E-state index contributed by atoms with van der Waals surface area (Å²) >= 11 is 0. The van der Waals surface area contributed by atoms with E-state index in [1.54, 1.807) is 67.5 Å². The number of carbonyl (C=O) groups is 2. The Kier molecular flexibility index (Phi) is 13.2. The van der Waals surface area contributed by atoms with E-state index in [-0.39, 0.29) is 13.0 Å². The lowest BCUT2D eigenvalue weighted by atomic mass is 10.1. The molecule has 1 atom stereocenters. The minimum Gasteiger partial charge on any atom is -0.497 e. The number of hydrogen-bond acceptors (Lipinski definition) is 7. The lowest BCUT2D eigenvalue weighted by Crippen LogP contribution is -2.39. The number of rotatable bonds is 17. The summed E-state index contributed by atoms with van der Waals surface area (Å²) in [6.45, 7) is 6.14. The van der Waals surface area contributed by atoms with Gasteiger partial charge in [0.25, 0.3) is 0 Å². The molecule has 2 rings (SSSR count). The summed E-state index contributed by atoms with van der Waals surface area (Å²) in [5, 5.41) is 9.25. The lowest BCUT2D eigenvalue weighted by molar-refractivity contribution is -0.149. The van der Waals surface area contributed by atoms with E-state index in [9.17, 15) is 14.7 Å². The van der Waals surface area contributed by atoms with Crippen molar-refractivity contribution >= 4 is 12.1 Å². The number of benzene rings is 2. The fourth-order valence-electron chi connectivity index (χ4n) is 3.28. The predicted octanol–water partition coefficient (Wildman–Crippen LogP) is 4.42. The van der Waals surface area contributed by atoms with E-state index in [0.717, 1.165) is 18.4 Å². The molecule has 1 amide bonds. The molecule has 0 radical (unpaired) electrons. The van der Waals surface area contributed by atoms with Gasteiger partial charge < -0.3 is 33.7 Å². The average Bonchev–Trinajstić information content (AvgIpc) is 2.88. The molecule has 198 valence electrons. The monoisotopic (exact) mass is 503 g/mol. The van der Waals surface area contributed by atoms with Gasteiger partial charge in [-0.25, -0.2) is 9.59 Å². The van der Waals surface area contributed by atoms with Crippen LogP contribution in [0.1, 0.15) is 32.3 Å². The van der Waals surface area contributed by atoms with E-state index in [1.807, 2.05) is 0 Å². The number of nitrogens with zero attached hydrogens (tertiary/aromatic N) is 1. The molecule has 0 aliphatic heterocycles. The van der Waals surface area contributed by atoms with Crippen molar-refractivity contribution in [2.24, 2.45) is 0 Å². The molecule has 1 unspecified atom stereocenters. The average molecular weight is 504 g/mol. The van der Waals surface area contributed by atoms with Crippen LogP contribution in [0.2, 0.25) is 0 Å². The van der Waals surface area contributed by atoms with Gasteiger partial charge in [0.15, 0.2) is 6.10 Å². The smallest absolute Gasteiger partial charge is 0.415 e. The molecule has 2 aromatic carbocycles. The molecule has 0 heterocycles. The fraction of sp³-hybridized carbons (Fsp3) is 0.481. The van der Waals surface area contributed by atoms with Crippen molar-refractivity contribution in [2.75, 3.05) is 46.6 Å². The van der Waals surface area contributed by atoms with Crippen LogP contribution in [-0.4, -0.2) is 74.8 Å². The molecule has 1 N–H and O–H groups in total. The van der Waals surface area contributed by atoms with Crippen LogP contribution in [0.25, 0.3) is 0 Å². The maximum absolute atomic E-state index is 12.8. The summed E-state index contributed by atoms with van der Waals surface area (Å²) in [6, 6.07) is 14.0. The third-order valence-electron chi connectivity index (χ3n) is 5.27. The van der Waals surface area contributed by atoms with Gasteiger partial charge in [-0.1, -0.05) is 31.5 Å². The summed E-state index contributed by atoms with van der Waals surface area (Å²) in [6.07, 6.45) is 0.884. The maximum Gasteiger partial charge on any atom is 0.415 e. The van der Waals surface area contributed by atoms with E-state index in [0.29, 0.717) is 50.2 Å². The number of amides is 1. The number of carboxylic acids is 1. The summed E-state index contributed by atoms with van der Waals surface area (Å²) < 4.78 is 27.4. The van der Waals surface area contributed by atoms with E-state index >= 15 is 0 Å². The minimum absolute atomic E-state index is 0.248. The van der Waals surface area contributed by atoms with Crippen LogP contribution in [-0.2, 0) is 20.7 Å². The van der Waals surface area contributed by atoms with Crippen molar-refractivity contribution < 1.29 is 38.4 Å². The Morgan fingerprint density at radius 3 is 2.33 bits per heavy atom. The second-order valence-electron chi connectivity index (χ2n) is 7.98. The van der Waals surface area contributed by atoms with Crippen LogP contribution in [0.3, 0.4) is 0 Å². The molecule has 0 saturated heterocycles. The highest BCUT2D eigenvalue weighted by atomic mass is 16.6. The third-order valence-corrected chi connectivity index (χ3v) is 5.27. The largest absolute Gasteiger partial charge is 0.497 e. The number of methoxy groups -OCH3 is 1. The molecule has 0 aromatic heterocycles. The molecule has 0 bridgehead atoms. The Balaban J connectivity index is 1.92. The van der Waals surface area contributed by atoms with Crippen LogP contribution < -0.4 is 14.2 Å². The zero-order valence-corrected chi connectivity index (χ0v) is 21.3. The highest BCUT2D eigenvalue weighted by Gasteiger charge is 2.18. The van der Waals surface area contributed by atoms with Gasteiger partial charge in [0.2, 0.25) is 0 Å². The molecule has 2 aromatic rings. The first-order valence-corrected chi connectivity index (χ1v) is 12.2. The molecule has 0 aliphatic carbocycles. The molecular weight excluding hydrogens is 466 g/mol. The Morgan fingerprint density at radius 2 is 1.67 bits per heavy atom. The highest BCUT2D eigenvalue weighted by molar-refractivity contribution is 5.72. The number of aliphatic carboxylic acids is 1. The molecule has 9 nitrogen and oxygen atoms in total. The molecule has 0 saturated carbocycles. The first-order chi connectivity index (χ1) is 17.5. The quantitative estimate of drug-likeness (QED) is 0.316. The number of ether oxygens (including phenoxy) is 5. The number of unbranched alkanes of at least 4 members (excludes halogenated alkanes) is 1. The van der Waals surface area contributed by atoms with Crippen LogP contribution in [0.4, 0.5) is 4.79 Å². The van der Waals surface area contributed by atoms with Crippen molar-refractivity contribution in [3.63, 3.8) is 0 Å². The van der Waals surface area contributed by atoms with Crippen LogP contribution in [0, 0.1) is 0 Å². The van der Waals surface area contributed by atoms with Crippen molar-refractivity contribution in [2.45, 2.75) is 39.2 Å². The van der Waals surface area contributed by atoms with Crippen LogP contribution >= 0.6 is 0 Å². The van der Waals surface area contributed by atoms with E-state index in [4.69, 9.17) is 23.7 Å². The predicted molar refractivity (Wildman–Crippen MR) is 135 cm³/mol. The molecule has 9 heteroatoms. The number of hydrogen-bond donors (Lipinski definition) is 1. The van der Waals surface area contributed by atoms with Crippen LogP contribution in [0.15, 0.2) is 48.5 Å². The first kappa shape index (κ1) is 28.9. The van der Waals surface area contributed by atoms with E-state index in [1.165, 1.54) is 0 Å². The van der Waals surface area contributed by atoms with Gasteiger partial charge in [-0.05, 0) is 43.2 Å². The SMILES string of the molecule is CCCCOCCN(CCOc1ccc(CC(OCC)C(=O)O)cc1)C(=O)Oc1cccc(OC)c1. The second-order valence-corrected chi connectivity index (χ2v) is 7.98. The molecular formula is C27H37NO8. The molecule has 0 fully saturated rings. The molecule has 0 spiro atoms. The highest BCUT2D eigenvalue weighted by Crippen LogP contribution is 2.20. The normalized spacial score (nSPS) is 11.5. The van der Waals surface area contributed by atoms with Gasteiger partial charge in [-0.3, -0.25) is 0 Å². The molecule has 36 heavy (non-hydrogen) atoms. The van der Waals surface area contributed by atoms with Crippen molar-refractivity contribution in [3.8, 4) is 17.2 Å². The third kappa shape index (κ3) is 10.5. The Labute approximate surface area is 212 Å². The minimum atomic E-state index is -0.989. The maximum atomic E-state index is 12.8. The van der Waals surface area contributed by atoms with Crippen molar-refractivity contribution in [1.82, 2.24) is 4.90 Å². The van der Waals surface area contributed by atoms with Gasteiger partial charge in [0.1, 0.15) is 23.9 Å². The summed E-state index contributed by atoms with van der Waals surface area (Å²) in [5.74, 6) is 0.607. The van der Waals surface area contributed by atoms with Gasteiger partial charge in [0.05, 0.1) is 20.3 Å². The van der Waals surface area contributed by atoms with E-state index < -0.39 is 18.2 Å². The van der Waals surface area contributed by atoms with Crippen molar-refractivity contribution in [1.29, 1.82) is 0 Å². The van der Waals surface area contributed by atoms with Gasteiger partial charge in [-0.2, -0.15) is 0 Å². The summed E-state index contributed by atoms with van der Waals surface area (Å²) in [7, 11) is 1.55. The Hall–Kier alpha value is -3.30. The summed E-state index contributed by atoms with van der Waals surface area (Å²) in [5.41, 5.74) is 0.830. The zero-order valence-electron chi connectivity index (χ0n) is 21.3. The van der Waals surface area contributed by atoms with E-state index in [2.05, 4.69) is 6.92 Å². The Bertz CT molecular complexity index is 918. The topological polar surface area (TPSA) is 104 Å². The fourth-order valence-corrected chi connectivity index (χ4v) is 3.28. The number of carbonyl (C=O) groups excluding carboxylic acids is 1. The number of carboxylic acid groups (broad SMARTS) is 1. The Morgan fingerprint density at radius 1 is 0.944 bits per heavy atom. The van der Waals surface area contributed by atoms with Gasteiger partial charge in [-0.15, -0.1) is 0 Å². The van der Waals surface area contributed by atoms with Crippen molar-refractivity contribution in [3.05, 3.63) is 54.1 Å². The van der Waals surface area contributed by atoms with Gasteiger partial charge >= 0.3 is 12.1 Å². The van der Waals surface area contributed by atoms with Gasteiger partial charge in [0, 0.05) is 32.2 Å². The second kappa shape index (κ2) is 16.4. The van der Waals surface area contributed by atoms with Crippen LogP contribution in [0.5, 0.6) is 17.2 Å². The molecule has 0 aliphatic rings. The first-order valence-electron chi connectivity index (χ1n) is 12.2. The lowest BCUT2D eigenvalue weighted by Gasteiger charge is -2.22. The standard InChI is InChI=1S/C27H37NO8/c1-4-6-16-33-17-14-28(27(31)36-24-9-7-8-23(20-24)32-3)15-18-35-22-12-10-21(11-13-22)19-25(26(29)30)34-5-2/h7-13,20,25H,4-6,14-19H2,1-3H3,(H,29,30). The summed E-state index contributed by atoms with van der Waals surface area (Å²) in [4.78, 5) is 25.7. The zero-order chi connectivity index (χ0) is 26.2.